The molecule has 0 atom stereocenters. The molecule has 0 radical (unpaired) electrons. The van der Waals surface area contributed by atoms with Gasteiger partial charge in [-0.25, -0.2) is 4.79 Å². The highest BCUT2D eigenvalue weighted by atomic mass is 16.4. The molecule has 1 aliphatic heterocycles. The molecule has 4 N–H and O–H groups in total. The van der Waals surface area contributed by atoms with E-state index in [9.17, 15) is 9.59 Å². The van der Waals surface area contributed by atoms with E-state index >= 15 is 0 Å². The molecule has 4 rings (SSSR count). The molecule has 0 fully saturated rings. The first-order chi connectivity index (χ1) is 10.1. The van der Waals surface area contributed by atoms with E-state index in [0.717, 1.165) is 27.8 Å². The van der Waals surface area contributed by atoms with Gasteiger partial charge in [-0.3, -0.25) is 4.79 Å². The van der Waals surface area contributed by atoms with Gasteiger partial charge < -0.3 is 20.4 Å². The zero-order valence-corrected chi connectivity index (χ0v) is 10.9. The molecule has 1 aliphatic rings. The minimum Gasteiger partial charge on any atom is -0.478 e. The summed E-state index contributed by atoms with van der Waals surface area (Å²) in [5.41, 5.74) is 4.11. The number of rotatable bonds is 1. The minimum atomic E-state index is -0.962. The number of aromatic nitrogens is 2. The number of fused-ring (bicyclic) bond motifs is 2. The number of aromatic amines is 2. The lowest BCUT2D eigenvalue weighted by Gasteiger charge is -2.10. The summed E-state index contributed by atoms with van der Waals surface area (Å²) in [6, 6.07) is 4.95. The molecule has 0 bridgehead atoms. The number of carboxylic acid groups (broad SMARTS) is 1. The normalized spacial score (nSPS) is 12.6. The molecule has 6 heteroatoms. The third kappa shape index (κ3) is 1.59. The Bertz CT molecular complexity index is 952. The van der Waals surface area contributed by atoms with E-state index in [2.05, 4.69) is 15.3 Å². The van der Waals surface area contributed by atoms with Gasteiger partial charge in [0.25, 0.3) is 5.56 Å². The van der Waals surface area contributed by atoms with Crippen molar-refractivity contribution in [3.63, 3.8) is 0 Å². The van der Waals surface area contributed by atoms with Crippen molar-refractivity contribution in [3.8, 4) is 11.1 Å². The van der Waals surface area contributed by atoms with E-state index in [1.165, 1.54) is 0 Å². The van der Waals surface area contributed by atoms with Crippen LogP contribution in [0.15, 0.2) is 35.4 Å². The monoisotopic (exact) mass is 281 g/mol. The largest absolute Gasteiger partial charge is 0.478 e. The molecule has 2 aromatic heterocycles. The van der Waals surface area contributed by atoms with Crippen LogP contribution in [-0.4, -0.2) is 21.0 Å². The predicted molar refractivity (Wildman–Crippen MR) is 78.6 cm³/mol. The highest BCUT2D eigenvalue weighted by Crippen LogP contribution is 2.37. The number of pyridine rings is 1. The molecule has 3 aromatic rings. The Morgan fingerprint density at radius 3 is 2.81 bits per heavy atom. The van der Waals surface area contributed by atoms with Crippen LogP contribution in [0.3, 0.4) is 0 Å². The van der Waals surface area contributed by atoms with E-state index in [1.54, 1.807) is 30.6 Å². The number of H-pyrrole nitrogens is 2. The van der Waals surface area contributed by atoms with E-state index in [4.69, 9.17) is 5.11 Å². The standard InChI is InChI=1S/C15H11N3O3/c19-14-13-12-8(5-17-13)4-16-11-3-7(15(20)21)1-2-9(11)10(12)6-18-14/h1-3,5-6,16-17H,4H2,(H,18,19)(H,20,21). The van der Waals surface area contributed by atoms with Crippen molar-refractivity contribution in [1.29, 1.82) is 0 Å². The number of carboxylic acids is 1. The third-order valence-electron chi connectivity index (χ3n) is 3.83. The van der Waals surface area contributed by atoms with Crippen LogP contribution in [0.25, 0.3) is 22.0 Å². The van der Waals surface area contributed by atoms with Crippen molar-refractivity contribution in [1.82, 2.24) is 9.97 Å². The van der Waals surface area contributed by atoms with Gasteiger partial charge in [0.2, 0.25) is 0 Å². The first-order valence-corrected chi connectivity index (χ1v) is 6.48. The summed E-state index contributed by atoms with van der Waals surface area (Å²) in [4.78, 5) is 28.7. The Labute approximate surface area is 118 Å². The average Bonchev–Trinajstić information content (AvgIpc) is 2.84. The fourth-order valence-electron chi connectivity index (χ4n) is 2.83. The van der Waals surface area contributed by atoms with Crippen LogP contribution in [-0.2, 0) is 6.54 Å². The number of aromatic carboxylic acids is 1. The molecule has 0 saturated carbocycles. The first-order valence-electron chi connectivity index (χ1n) is 6.48. The van der Waals surface area contributed by atoms with Crippen LogP contribution in [0.1, 0.15) is 15.9 Å². The lowest BCUT2D eigenvalue weighted by molar-refractivity contribution is 0.0697. The average molecular weight is 281 g/mol. The molecule has 3 heterocycles. The van der Waals surface area contributed by atoms with Gasteiger partial charge in [-0.1, -0.05) is 6.07 Å². The SMILES string of the molecule is O=C(O)c1ccc2c(c1)NCc1c[nH]c3c(=O)[nH]cc-2c13. The van der Waals surface area contributed by atoms with Crippen molar-refractivity contribution in [2.45, 2.75) is 6.54 Å². The molecule has 0 unspecified atom stereocenters. The topological polar surface area (TPSA) is 98.0 Å². The Balaban J connectivity index is 2.06. The molecular formula is C15H11N3O3. The van der Waals surface area contributed by atoms with Gasteiger partial charge in [0, 0.05) is 41.1 Å². The zero-order chi connectivity index (χ0) is 14.6. The highest BCUT2D eigenvalue weighted by molar-refractivity contribution is 6.02. The summed E-state index contributed by atoms with van der Waals surface area (Å²) in [6.07, 6.45) is 3.48. The lowest BCUT2D eigenvalue weighted by Crippen LogP contribution is -2.05. The summed E-state index contributed by atoms with van der Waals surface area (Å²) < 4.78 is 0. The second-order valence-corrected chi connectivity index (χ2v) is 5.01. The van der Waals surface area contributed by atoms with Crippen molar-refractivity contribution in [2.24, 2.45) is 0 Å². The summed E-state index contributed by atoms with van der Waals surface area (Å²) in [5, 5.41) is 13.2. The molecule has 0 amide bonds. The van der Waals surface area contributed by atoms with Gasteiger partial charge in [-0.2, -0.15) is 0 Å². The van der Waals surface area contributed by atoms with Gasteiger partial charge in [-0.15, -0.1) is 0 Å². The number of nitrogens with one attached hydrogen (secondary N) is 3. The molecule has 0 aliphatic carbocycles. The minimum absolute atomic E-state index is 0.161. The highest BCUT2D eigenvalue weighted by Gasteiger charge is 2.19. The van der Waals surface area contributed by atoms with E-state index in [-0.39, 0.29) is 11.1 Å². The molecule has 0 saturated heterocycles. The van der Waals surface area contributed by atoms with Gasteiger partial charge in [0.1, 0.15) is 5.52 Å². The maximum absolute atomic E-state index is 11.9. The Morgan fingerprint density at radius 2 is 2.00 bits per heavy atom. The van der Waals surface area contributed by atoms with Crippen LogP contribution in [0.5, 0.6) is 0 Å². The van der Waals surface area contributed by atoms with Crippen LogP contribution >= 0.6 is 0 Å². The van der Waals surface area contributed by atoms with Gasteiger partial charge >= 0.3 is 5.97 Å². The molecule has 104 valence electrons. The van der Waals surface area contributed by atoms with Gasteiger partial charge in [0.05, 0.1) is 5.56 Å². The predicted octanol–water partition coefficient (Wildman–Crippen LogP) is 2.15. The fourth-order valence-corrected chi connectivity index (χ4v) is 2.83. The Morgan fingerprint density at radius 1 is 1.14 bits per heavy atom. The summed E-state index contributed by atoms with van der Waals surface area (Å²) >= 11 is 0. The summed E-state index contributed by atoms with van der Waals surface area (Å²) in [6.45, 7) is 0.534. The zero-order valence-electron chi connectivity index (χ0n) is 10.9. The molecule has 6 nitrogen and oxygen atoms in total. The molecule has 1 aromatic carbocycles. The van der Waals surface area contributed by atoms with Crippen molar-refractivity contribution in [3.05, 3.63) is 52.1 Å². The van der Waals surface area contributed by atoms with E-state index in [1.807, 2.05) is 0 Å². The van der Waals surface area contributed by atoms with Crippen molar-refractivity contribution in [2.75, 3.05) is 5.32 Å². The molecular weight excluding hydrogens is 270 g/mol. The Hall–Kier alpha value is -3.02. The van der Waals surface area contributed by atoms with Crippen LogP contribution in [0.2, 0.25) is 0 Å². The second kappa shape index (κ2) is 3.99. The quantitative estimate of drug-likeness (QED) is 0.549. The Kier molecular flexibility index (Phi) is 2.24. The molecule has 0 spiro atoms. The fraction of sp³-hybridized carbons (Fsp3) is 0.0667. The number of anilines is 1. The molecule has 21 heavy (non-hydrogen) atoms. The van der Waals surface area contributed by atoms with Gasteiger partial charge in [0.15, 0.2) is 0 Å². The maximum atomic E-state index is 11.9. The number of carbonyl (C=O) groups is 1. The van der Waals surface area contributed by atoms with E-state index < -0.39 is 5.97 Å². The van der Waals surface area contributed by atoms with Crippen molar-refractivity contribution >= 4 is 22.6 Å². The summed E-state index contributed by atoms with van der Waals surface area (Å²) in [5.74, 6) is -0.962. The first kappa shape index (κ1) is 11.8. The van der Waals surface area contributed by atoms with Crippen molar-refractivity contribution < 1.29 is 9.90 Å². The number of benzene rings is 1. The van der Waals surface area contributed by atoms with Crippen LogP contribution in [0, 0.1) is 0 Å². The number of hydrogen-bond donors (Lipinski definition) is 4. The summed E-state index contributed by atoms with van der Waals surface area (Å²) in [7, 11) is 0. The lowest BCUT2D eigenvalue weighted by atomic mass is 10.00. The van der Waals surface area contributed by atoms with Crippen LogP contribution in [0.4, 0.5) is 5.69 Å². The van der Waals surface area contributed by atoms with Crippen LogP contribution < -0.4 is 10.9 Å². The maximum Gasteiger partial charge on any atom is 0.335 e. The smallest absolute Gasteiger partial charge is 0.335 e. The number of hydrogen-bond acceptors (Lipinski definition) is 3. The third-order valence-corrected chi connectivity index (χ3v) is 3.83. The van der Waals surface area contributed by atoms with Gasteiger partial charge in [-0.05, 0) is 17.7 Å². The second-order valence-electron chi connectivity index (χ2n) is 5.01. The van der Waals surface area contributed by atoms with E-state index in [0.29, 0.717) is 12.1 Å².